The van der Waals surface area contributed by atoms with E-state index in [1.807, 2.05) is 22.6 Å². The number of rotatable bonds is 4. The second-order valence-electron chi connectivity index (χ2n) is 5.60. The highest BCUT2D eigenvalue weighted by atomic mass is 35.5. The number of fused-ring (bicyclic) bond motifs is 1. The van der Waals surface area contributed by atoms with Crippen LogP contribution in [0.4, 0.5) is 0 Å². The van der Waals surface area contributed by atoms with Gasteiger partial charge in [-0.25, -0.2) is 0 Å². The summed E-state index contributed by atoms with van der Waals surface area (Å²) in [6, 6.07) is 6.23. The van der Waals surface area contributed by atoms with E-state index in [9.17, 15) is 9.90 Å². The molecule has 0 fully saturated rings. The normalized spacial score (nSPS) is 16.0. The van der Waals surface area contributed by atoms with Crippen molar-refractivity contribution in [1.29, 1.82) is 0 Å². The summed E-state index contributed by atoms with van der Waals surface area (Å²) in [6.45, 7) is 3.72. The SMILES string of the molecule is COc1ccc(Cl)cc1C(C(=O)O)N1CCn2nc(C)cc2C1. The van der Waals surface area contributed by atoms with Crippen molar-refractivity contribution >= 4 is 17.6 Å². The van der Waals surface area contributed by atoms with Gasteiger partial charge in [0.1, 0.15) is 11.8 Å². The minimum Gasteiger partial charge on any atom is -0.496 e. The van der Waals surface area contributed by atoms with Crippen molar-refractivity contribution in [2.45, 2.75) is 26.1 Å². The standard InChI is InChI=1S/C16H18ClN3O3/c1-10-7-12-9-19(5-6-20(12)18-10)15(16(21)22)13-8-11(17)3-4-14(13)23-2/h3-4,7-8,15H,5-6,9H2,1-2H3,(H,21,22). The summed E-state index contributed by atoms with van der Waals surface area (Å²) >= 11 is 6.06. The van der Waals surface area contributed by atoms with Gasteiger partial charge in [-0.05, 0) is 31.2 Å². The van der Waals surface area contributed by atoms with Crippen molar-refractivity contribution in [3.8, 4) is 5.75 Å². The minimum atomic E-state index is -0.921. The Morgan fingerprint density at radius 3 is 2.87 bits per heavy atom. The molecular formula is C16H18ClN3O3. The highest BCUT2D eigenvalue weighted by Gasteiger charge is 2.33. The van der Waals surface area contributed by atoms with Gasteiger partial charge in [0.15, 0.2) is 0 Å². The topological polar surface area (TPSA) is 67.6 Å². The molecule has 6 nitrogen and oxygen atoms in total. The lowest BCUT2D eigenvalue weighted by Gasteiger charge is -2.33. The van der Waals surface area contributed by atoms with Crippen molar-refractivity contribution in [3.63, 3.8) is 0 Å². The third-order valence-electron chi connectivity index (χ3n) is 4.03. The third kappa shape index (κ3) is 3.04. The number of aryl methyl sites for hydroxylation is 1. The third-order valence-corrected chi connectivity index (χ3v) is 4.27. The van der Waals surface area contributed by atoms with Gasteiger partial charge in [0, 0.05) is 23.7 Å². The summed E-state index contributed by atoms with van der Waals surface area (Å²) in [5, 5.41) is 14.7. The Hall–Kier alpha value is -2.05. The predicted octanol–water partition coefficient (Wildman–Crippen LogP) is 2.50. The van der Waals surface area contributed by atoms with Crippen LogP contribution in [0.15, 0.2) is 24.3 Å². The second-order valence-corrected chi connectivity index (χ2v) is 6.03. The lowest BCUT2D eigenvalue weighted by atomic mass is 10.0. The molecule has 0 saturated heterocycles. The van der Waals surface area contributed by atoms with Crippen LogP contribution < -0.4 is 4.74 Å². The molecule has 23 heavy (non-hydrogen) atoms. The van der Waals surface area contributed by atoms with Crippen LogP contribution in [0.3, 0.4) is 0 Å². The molecule has 1 aliphatic rings. The number of carboxylic acids is 1. The van der Waals surface area contributed by atoms with E-state index in [1.54, 1.807) is 18.2 Å². The number of benzene rings is 1. The van der Waals surface area contributed by atoms with Crippen LogP contribution in [0, 0.1) is 6.92 Å². The highest BCUT2D eigenvalue weighted by Crippen LogP contribution is 2.34. The molecule has 0 amide bonds. The maximum absolute atomic E-state index is 11.9. The van der Waals surface area contributed by atoms with E-state index < -0.39 is 12.0 Å². The number of carbonyl (C=O) groups is 1. The number of aliphatic carboxylic acids is 1. The number of nitrogens with zero attached hydrogens (tertiary/aromatic N) is 3. The first kappa shape index (κ1) is 15.8. The molecule has 1 aromatic carbocycles. The summed E-state index contributed by atoms with van der Waals surface area (Å²) in [4.78, 5) is 13.8. The van der Waals surface area contributed by atoms with Gasteiger partial charge in [0.2, 0.25) is 0 Å². The van der Waals surface area contributed by atoms with Crippen molar-refractivity contribution in [2.24, 2.45) is 0 Å². The zero-order valence-corrected chi connectivity index (χ0v) is 13.7. The van der Waals surface area contributed by atoms with E-state index in [0.717, 1.165) is 11.4 Å². The Bertz CT molecular complexity index is 744. The average molecular weight is 336 g/mol. The van der Waals surface area contributed by atoms with Gasteiger partial charge in [-0.15, -0.1) is 0 Å². The fourth-order valence-corrected chi connectivity index (χ4v) is 3.24. The summed E-state index contributed by atoms with van der Waals surface area (Å²) < 4.78 is 7.26. The van der Waals surface area contributed by atoms with Crippen LogP contribution in [0.25, 0.3) is 0 Å². The molecule has 1 aromatic heterocycles. The molecule has 0 aliphatic carbocycles. The first-order valence-corrected chi connectivity index (χ1v) is 7.71. The van der Waals surface area contributed by atoms with E-state index in [4.69, 9.17) is 16.3 Å². The number of ether oxygens (including phenoxy) is 1. The number of halogens is 1. The molecule has 0 spiro atoms. The zero-order chi connectivity index (χ0) is 16.6. The molecule has 2 heterocycles. The Morgan fingerprint density at radius 2 is 2.17 bits per heavy atom. The van der Waals surface area contributed by atoms with Gasteiger partial charge < -0.3 is 9.84 Å². The van der Waals surface area contributed by atoms with E-state index in [0.29, 0.717) is 36.0 Å². The zero-order valence-electron chi connectivity index (χ0n) is 13.0. The lowest BCUT2D eigenvalue weighted by molar-refractivity contribution is -0.144. The molecule has 3 rings (SSSR count). The van der Waals surface area contributed by atoms with Gasteiger partial charge in [0.25, 0.3) is 0 Å². The summed E-state index contributed by atoms with van der Waals surface area (Å²) in [5.74, 6) is -0.396. The lowest BCUT2D eigenvalue weighted by Crippen LogP contribution is -2.40. The number of hydrogen-bond acceptors (Lipinski definition) is 4. The first-order valence-electron chi connectivity index (χ1n) is 7.33. The molecule has 2 aromatic rings. The van der Waals surface area contributed by atoms with Gasteiger partial charge in [-0.3, -0.25) is 14.4 Å². The van der Waals surface area contributed by atoms with Gasteiger partial charge in [-0.2, -0.15) is 5.10 Å². The van der Waals surface area contributed by atoms with E-state index >= 15 is 0 Å². The number of aromatic nitrogens is 2. The molecule has 1 atom stereocenters. The number of hydrogen-bond donors (Lipinski definition) is 1. The summed E-state index contributed by atoms with van der Waals surface area (Å²) in [7, 11) is 1.53. The summed E-state index contributed by atoms with van der Waals surface area (Å²) in [5.41, 5.74) is 2.52. The molecule has 0 bridgehead atoms. The molecule has 1 aliphatic heterocycles. The van der Waals surface area contributed by atoms with E-state index in [2.05, 4.69) is 5.10 Å². The van der Waals surface area contributed by atoms with Crippen molar-refractivity contribution in [2.75, 3.05) is 13.7 Å². The predicted molar refractivity (Wildman–Crippen MR) is 85.8 cm³/mol. The second kappa shape index (κ2) is 6.22. The summed E-state index contributed by atoms with van der Waals surface area (Å²) in [6.07, 6.45) is 0. The van der Waals surface area contributed by atoms with E-state index in [-0.39, 0.29) is 0 Å². The minimum absolute atomic E-state index is 0.491. The van der Waals surface area contributed by atoms with Crippen molar-refractivity contribution in [1.82, 2.24) is 14.7 Å². The van der Waals surface area contributed by atoms with E-state index in [1.165, 1.54) is 7.11 Å². The molecule has 7 heteroatoms. The molecule has 0 saturated carbocycles. The fraction of sp³-hybridized carbons (Fsp3) is 0.375. The Kier molecular flexibility index (Phi) is 4.28. The van der Waals surface area contributed by atoms with Crippen molar-refractivity contribution in [3.05, 3.63) is 46.2 Å². The monoisotopic (exact) mass is 335 g/mol. The maximum Gasteiger partial charge on any atom is 0.325 e. The Balaban J connectivity index is 1.97. The van der Waals surface area contributed by atoms with Crippen LogP contribution in [0.2, 0.25) is 5.02 Å². The van der Waals surface area contributed by atoms with Gasteiger partial charge in [-0.1, -0.05) is 11.6 Å². The van der Waals surface area contributed by atoms with Crippen LogP contribution in [-0.4, -0.2) is 39.4 Å². The Labute approximate surface area is 139 Å². The molecular weight excluding hydrogens is 318 g/mol. The fourth-order valence-electron chi connectivity index (χ4n) is 3.06. The molecule has 1 unspecified atom stereocenters. The average Bonchev–Trinajstić information content (AvgIpc) is 2.87. The van der Waals surface area contributed by atoms with Crippen LogP contribution in [0.5, 0.6) is 5.75 Å². The Morgan fingerprint density at radius 1 is 1.39 bits per heavy atom. The van der Waals surface area contributed by atoms with Crippen LogP contribution >= 0.6 is 11.6 Å². The van der Waals surface area contributed by atoms with Crippen LogP contribution in [0.1, 0.15) is 23.0 Å². The maximum atomic E-state index is 11.9. The molecule has 122 valence electrons. The quantitative estimate of drug-likeness (QED) is 0.929. The van der Waals surface area contributed by atoms with Crippen molar-refractivity contribution < 1.29 is 14.6 Å². The molecule has 1 N–H and O–H groups in total. The highest BCUT2D eigenvalue weighted by molar-refractivity contribution is 6.30. The van der Waals surface area contributed by atoms with Gasteiger partial charge >= 0.3 is 5.97 Å². The molecule has 0 radical (unpaired) electrons. The first-order chi connectivity index (χ1) is 11.0. The smallest absolute Gasteiger partial charge is 0.325 e. The number of carboxylic acid groups (broad SMARTS) is 1. The largest absolute Gasteiger partial charge is 0.496 e. The van der Waals surface area contributed by atoms with Crippen LogP contribution in [-0.2, 0) is 17.9 Å². The van der Waals surface area contributed by atoms with Gasteiger partial charge in [0.05, 0.1) is 25.0 Å². The number of methoxy groups -OCH3 is 1.